The summed E-state index contributed by atoms with van der Waals surface area (Å²) in [5, 5.41) is 0.778. The molecule has 3 nitrogen and oxygen atoms in total. The van der Waals surface area contributed by atoms with Gasteiger partial charge in [-0.1, -0.05) is 23.3 Å². The lowest BCUT2D eigenvalue weighted by atomic mass is 10.1. The molecule has 1 aromatic heterocycles. The van der Waals surface area contributed by atoms with Crippen LogP contribution in [0.5, 0.6) is 0 Å². The van der Waals surface area contributed by atoms with Gasteiger partial charge in [0.1, 0.15) is 0 Å². The van der Waals surface area contributed by atoms with Crippen LogP contribution in [0, 0.1) is 4.77 Å². The largest absolute Gasteiger partial charge is 0.331 e. The second-order valence-corrected chi connectivity index (χ2v) is 6.53. The van der Waals surface area contributed by atoms with Crippen LogP contribution >= 0.6 is 23.8 Å². The summed E-state index contributed by atoms with van der Waals surface area (Å²) in [4.78, 5) is 5.84. The Kier molecular flexibility index (Phi) is 2.81. The van der Waals surface area contributed by atoms with Crippen LogP contribution in [0.15, 0.2) is 23.8 Å². The van der Waals surface area contributed by atoms with Crippen LogP contribution in [-0.2, 0) is 13.1 Å². The van der Waals surface area contributed by atoms with Gasteiger partial charge < -0.3 is 9.55 Å². The minimum atomic E-state index is 0.540. The number of allylic oxidation sites excluding steroid dienone is 1. The number of imidazole rings is 1. The Morgan fingerprint density at radius 1 is 1.40 bits per heavy atom. The number of benzene rings is 1. The molecule has 2 aromatic rings. The quantitative estimate of drug-likeness (QED) is 0.590. The maximum absolute atomic E-state index is 6.25. The van der Waals surface area contributed by atoms with Gasteiger partial charge in [0.05, 0.1) is 11.0 Å². The third-order valence-corrected chi connectivity index (χ3v) is 5.05. The summed E-state index contributed by atoms with van der Waals surface area (Å²) < 4.78 is 3.05. The topological polar surface area (TPSA) is 24.0 Å². The fraction of sp³-hybridized carbons (Fsp3) is 0.400. The average Bonchev–Trinajstić information content (AvgIpc) is 2.87. The van der Waals surface area contributed by atoms with Crippen molar-refractivity contribution in [2.75, 3.05) is 6.54 Å². The van der Waals surface area contributed by atoms with Crippen LogP contribution in [0.3, 0.4) is 0 Å². The fourth-order valence-electron chi connectivity index (χ4n) is 3.54. The lowest BCUT2D eigenvalue weighted by Crippen LogP contribution is -2.30. The molecule has 3 heterocycles. The van der Waals surface area contributed by atoms with Crippen LogP contribution in [0.4, 0.5) is 0 Å². The van der Waals surface area contributed by atoms with Gasteiger partial charge in [-0.05, 0) is 43.3 Å². The Labute approximate surface area is 127 Å². The Balaban J connectivity index is 1.92. The second kappa shape index (κ2) is 4.45. The van der Waals surface area contributed by atoms with Crippen LogP contribution in [0.25, 0.3) is 11.0 Å². The highest BCUT2D eigenvalue weighted by molar-refractivity contribution is 7.71. The number of aromatic nitrogens is 2. The van der Waals surface area contributed by atoms with E-state index in [1.807, 2.05) is 6.07 Å². The smallest absolute Gasteiger partial charge is 0.178 e. The molecule has 0 amide bonds. The summed E-state index contributed by atoms with van der Waals surface area (Å²) in [5.74, 6) is 0. The number of aromatic amines is 1. The number of hydrogen-bond acceptors (Lipinski definition) is 2. The molecule has 2 aliphatic heterocycles. The molecule has 0 aliphatic carbocycles. The highest BCUT2D eigenvalue weighted by Crippen LogP contribution is 2.33. The molecule has 1 unspecified atom stereocenters. The standard InChI is InChI=1S/C15H16ClN3S/c1-2-9-3-12-8-19-14-10(7-18(12)6-9)4-11(16)5-13(14)17-15(19)20/h2,4-5,12H,3,6-8H2,1H3,(H,17,20)/b9-2-. The van der Waals surface area contributed by atoms with E-state index in [1.54, 1.807) is 0 Å². The van der Waals surface area contributed by atoms with E-state index in [9.17, 15) is 0 Å². The normalized spacial score (nSPS) is 24.3. The first kappa shape index (κ1) is 12.6. The zero-order valence-corrected chi connectivity index (χ0v) is 12.9. The number of H-pyrrole nitrogens is 1. The van der Waals surface area contributed by atoms with E-state index in [1.165, 1.54) is 16.7 Å². The first-order valence-electron chi connectivity index (χ1n) is 6.95. The average molecular weight is 306 g/mol. The zero-order valence-electron chi connectivity index (χ0n) is 11.3. The van der Waals surface area contributed by atoms with Crippen molar-refractivity contribution in [2.45, 2.75) is 32.5 Å². The number of nitrogens with zero attached hydrogens (tertiary/aromatic N) is 2. The minimum absolute atomic E-state index is 0.540. The molecule has 2 aliphatic rings. The van der Waals surface area contributed by atoms with Crippen LogP contribution in [0.1, 0.15) is 18.9 Å². The zero-order chi connectivity index (χ0) is 13.9. The lowest BCUT2D eigenvalue weighted by Gasteiger charge is -2.21. The second-order valence-electron chi connectivity index (χ2n) is 5.71. The van der Waals surface area contributed by atoms with E-state index in [2.05, 4.69) is 33.5 Å². The van der Waals surface area contributed by atoms with Gasteiger partial charge >= 0.3 is 0 Å². The van der Waals surface area contributed by atoms with Crippen molar-refractivity contribution in [3.63, 3.8) is 0 Å². The van der Waals surface area contributed by atoms with Crippen molar-refractivity contribution < 1.29 is 0 Å². The summed E-state index contributed by atoms with van der Waals surface area (Å²) in [6.07, 6.45) is 3.39. The Morgan fingerprint density at radius 2 is 2.25 bits per heavy atom. The molecule has 1 aromatic carbocycles. The Morgan fingerprint density at radius 3 is 3.05 bits per heavy atom. The van der Waals surface area contributed by atoms with Crippen molar-refractivity contribution in [1.82, 2.24) is 14.5 Å². The van der Waals surface area contributed by atoms with Gasteiger partial charge in [0.25, 0.3) is 0 Å². The van der Waals surface area contributed by atoms with Crippen molar-refractivity contribution >= 4 is 34.9 Å². The molecule has 104 valence electrons. The van der Waals surface area contributed by atoms with Crippen LogP contribution < -0.4 is 0 Å². The van der Waals surface area contributed by atoms with Crippen LogP contribution in [0.2, 0.25) is 5.02 Å². The molecule has 1 saturated heterocycles. The monoisotopic (exact) mass is 305 g/mol. The maximum atomic E-state index is 6.25. The van der Waals surface area contributed by atoms with E-state index < -0.39 is 0 Å². The molecule has 20 heavy (non-hydrogen) atoms. The summed E-state index contributed by atoms with van der Waals surface area (Å²) in [5.41, 5.74) is 5.10. The van der Waals surface area contributed by atoms with Gasteiger partial charge in [-0.2, -0.15) is 0 Å². The number of fused-ring (bicyclic) bond motifs is 1. The molecule has 4 rings (SSSR count). The van der Waals surface area contributed by atoms with Crippen LogP contribution in [-0.4, -0.2) is 27.0 Å². The molecule has 5 heteroatoms. The molecule has 1 atom stereocenters. The third kappa shape index (κ3) is 1.79. The molecule has 0 radical (unpaired) electrons. The maximum Gasteiger partial charge on any atom is 0.178 e. The predicted molar refractivity (Wildman–Crippen MR) is 84.7 cm³/mol. The summed E-state index contributed by atoms with van der Waals surface area (Å²) in [7, 11) is 0. The fourth-order valence-corrected chi connectivity index (χ4v) is 4.06. The summed E-state index contributed by atoms with van der Waals surface area (Å²) in [6, 6.07) is 4.59. The SMILES string of the molecule is C/C=C1/CC2Cn3c(=S)[nH]c4cc(Cl)cc(c43)CN2C1. The van der Waals surface area contributed by atoms with Gasteiger partial charge in [0.2, 0.25) is 0 Å². The molecule has 0 saturated carbocycles. The summed E-state index contributed by atoms with van der Waals surface area (Å²) in [6.45, 7) is 5.11. The van der Waals surface area contributed by atoms with E-state index in [0.717, 1.165) is 41.4 Å². The number of hydrogen-bond donors (Lipinski definition) is 1. The predicted octanol–water partition coefficient (Wildman–Crippen LogP) is 3.89. The lowest BCUT2D eigenvalue weighted by molar-refractivity contribution is 0.234. The van der Waals surface area contributed by atoms with Gasteiger partial charge in [-0.25, -0.2) is 0 Å². The molecule has 0 spiro atoms. The molecule has 1 N–H and O–H groups in total. The van der Waals surface area contributed by atoms with Gasteiger partial charge in [-0.15, -0.1) is 0 Å². The van der Waals surface area contributed by atoms with E-state index >= 15 is 0 Å². The highest BCUT2D eigenvalue weighted by atomic mass is 35.5. The van der Waals surface area contributed by atoms with Gasteiger partial charge in [0, 0.05) is 30.7 Å². The first-order chi connectivity index (χ1) is 9.65. The van der Waals surface area contributed by atoms with E-state index in [-0.39, 0.29) is 0 Å². The molecular formula is C15H16ClN3S. The number of rotatable bonds is 0. The number of halogens is 1. The minimum Gasteiger partial charge on any atom is -0.331 e. The number of nitrogens with one attached hydrogen (secondary N) is 1. The van der Waals surface area contributed by atoms with Gasteiger partial charge in [0.15, 0.2) is 4.77 Å². The molecular weight excluding hydrogens is 290 g/mol. The van der Waals surface area contributed by atoms with Crippen molar-refractivity contribution in [3.8, 4) is 0 Å². The third-order valence-electron chi connectivity index (χ3n) is 4.51. The van der Waals surface area contributed by atoms with Gasteiger partial charge in [-0.3, -0.25) is 4.90 Å². The van der Waals surface area contributed by atoms with E-state index in [0.29, 0.717) is 6.04 Å². The molecule has 0 bridgehead atoms. The highest BCUT2D eigenvalue weighted by Gasteiger charge is 2.31. The van der Waals surface area contributed by atoms with E-state index in [4.69, 9.17) is 23.8 Å². The Bertz CT molecular complexity index is 786. The van der Waals surface area contributed by atoms with Crippen molar-refractivity contribution in [2.24, 2.45) is 0 Å². The summed E-state index contributed by atoms with van der Waals surface area (Å²) >= 11 is 11.7. The van der Waals surface area contributed by atoms with Crippen molar-refractivity contribution in [3.05, 3.63) is 39.1 Å². The molecule has 1 fully saturated rings. The first-order valence-corrected chi connectivity index (χ1v) is 7.73. The van der Waals surface area contributed by atoms with Crippen molar-refractivity contribution in [1.29, 1.82) is 0 Å². The Hall–Kier alpha value is -1.10.